The lowest BCUT2D eigenvalue weighted by atomic mass is 9.79. The van der Waals surface area contributed by atoms with Gasteiger partial charge in [-0.1, -0.05) is 6.07 Å². The molecule has 0 amide bonds. The second kappa shape index (κ2) is 4.00. The highest BCUT2D eigenvalue weighted by Crippen LogP contribution is 2.07. The molecule has 0 radical (unpaired) electrons. The summed E-state index contributed by atoms with van der Waals surface area (Å²) in [5, 5.41) is 8.62. The van der Waals surface area contributed by atoms with E-state index in [-0.39, 0.29) is 5.56 Å². The van der Waals surface area contributed by atoms with E-state index in [2.05, 4.69) is 0 Å². The summed E-state index contributed by atoms with van der Waals surface area (Å²) in [6.07, 6.45) is 0. The molecule has 1 aliphatic heterocycles. The van der Waals surface area contributed by atoms with Crippen molar-refractivity contribution in [3.8, 4) is 0 Å². The number of carbonyl (C=O) groups is 1. The van der Waals surface area contributed by atoms with Gasteiger partial charge in [0.05, 0.1) is 18.8 Å². The van der Waals surface area contributed by atoms with Crippen LogP contribution in [0.15, 0.2) is 18.2 Å². The number of hydrogen-bond donors (Lipinski definition) is 1. The molecule has 1 saturated heterocycles. The molecule has 15 heavy (non-hydrogen) atoms. The average molecular weight is 210 g/mol. The van der Waals surface area contributed by atoms with Crippen LogP contribution in [-0.2, 0) is 9.31 Å². The van der Waals surface area contributed by atoms with Crippen molar-refractivity contribution in [3.63, 3.8) is 0 Å². The number of aromatic carboxylic acids is 1. The SMILES string of the molecule is O=C(O)c1ccc(B2OCCO2)cc1F. The van der Waals surface area contributed by atoms with E-state index in [1.54, 1.807) is 0 Å². The Balaban J connectivity index is 2.28. The van der Waals surface area contributed by atoms with Gasteiger partial charge in [-0.3, -0.25) is 0 Å². The monoisotopic (exact) mass is 210 g/mol. The Kier molecular flexibility index (Phi) is 2.70. The molecule has 2 rings (SSSR count). The van der Waals surface area contributed by atoms with Crippen molar-refractivity contribution >= 4 is 18.6 Å². The zero-order chi connectivity index (χ0) is 10.8. The van der Waals surface area contributed by atoms with Crippen LogP contribution in [0.4, 0.5) is 4.39 Å². The first-order valence-electron chi connectivity index (χ1n) is 4.44. The predicted molar refractivity (Wildman–Crippen MR) is 50.7 cm³/mol. The zero-order valence-corrected chi connectivity index (χ0v) is 7.77. The second-order valence-corrected chi connectivity index (χ2v) is 3.12. The highest BCUT2D eigenvalue weighted by molar-refractivity contribution is 6.61. The van der Waals surface area contributed by atoms with Crippen LogP contribution in [0.3, 0.4) is 0 Å². The molecular formula is C9H8BFO4. The fourth-order valence-electron chi connectivity index (χ4n) is 1.40. The zero-order valence-electron chi connectivity index (χ0n) is 7.77. The molecule has 1 N–H and O–H groups in total. The lowest BCUT2D eigenvalue weighted by Gasteiger charge is -2.05. The van der Waals surface area contributed by atoms with Crippen LogP contribution in [0, 0.1) is 5.82 Å². The summed E-state index contributed by atoms with van der Waals surface area (Å²) < 4.78 is 23.6. The molecule has 1 aromatic rings. The number of benzene rings is 1. The van der Waals surface area contributed by atoms with Gasteiger partial charge in [0.2, 0.25) is 0 Å². The lowest BCUT2D eigenvalue weighted by Crippen LogP contribution is -2.32. The van der Waals surface area contributed by atoms with Crippen molar-refractivity contribution in [2.45, 2.75) is 0 Å². The molecule has 0 aliphatic carbocycles. The predicted octanol–water partition coefficient (Wildman–Crippen LogP) is 0.266. The normalized spacial score (nSPS) is 15.7. The van der Waals surface area contributed by atoms with Gasteiger partial charge in [0, 0.05) is 0 Å². The van der Waals surface area contributed by atoms with E-state index in [9.17, 15) is 9.18 Å². The molecule has 0 bridgehead atoms. The lowest BCUT2D eigenvalue weighted by molar-refractivity contribution is 0.0692. The van der Waals surface area contributed by atoms with Crippen molar-refractivity contribution in [2.75, 3.05) is 13.2 Å². The smallest absolute Gasteiger partial charge is 0.478 e. The van der Waals surface area contributed by atoms with Crippen LogP contribution in [0.5, 0.6) is 0 Å². The minimum absolute atomic E-state index is 0.350. The Morgan fingerprint density at radius 1 is 1.40 bits per heavy atom. The number of carboxylic acids is 1. The largest absolute Gasteiger partial charge is 0.494 e. The van der Waals surface area contributed by atoms with Gasteiger partial charge in [0.15, 0.2) is 0 Å². The Labute approximate surface area is 85.8 Å². The topological polar surface area (TPSA) is 55.8 Å². The molecule has 0 saturated carbocycles. The van der Waals surface area contributed by atoms with Crippen LogP contribution >= 0.6 is 0 Å². The van der Waals surface area contributed by atoms with Gasteiger partial charge in [-0.05, 0) is 17.6 Å². The van der Waals surface area contributed by atoms with Crippen LogP contribution < -0.4 is 5.46 Å². The molecule has 0 unspecified atom stereocenters. The minimum atomic E-state index is -1.28. The van der Waals surface area contributed by atoms with Crippen LogP contribution in [-0.4, -0.2) is 31.4 Å². The third-order valence-electron chi connectivity index (χ3n) is 2.12. The maximum absolute atomic E-state index is 13.3. The fraction of sp³-hybridized carbons (Fsp3) is 0.222. The molecule has 0 atom stereocenters. The van der Waals surface area contributed by atoms with Gasteiger partial charge in [-0.25, -0.2) is 9.18 Å². The van der Waals surface area contributed by atoms with Crippen molar-refractivity contribution < 1.29 is 23.6 Å². The number of carboxylic acid groups (broad SMARTS) is 1. The quantitative estimate of drug-likeness (QED) is 0.711. The maximum Gasteiger partial charge on any atom is 0.494 e. The highest BCUT2D eigenvalue weighted by atomic mass is 19.1. The first-order valence-corrected chi connectivity index (χ1v) is 4.44. The number of hydrogen-bond acceptors (Lipinski definition) is 3. The average Bonchev–Trinajstić information content (AvgIpc) is 2.69. The molecule has 1 aliphatic rings. The Bertz CT molecular complexity index is 390. The van der Waals surface area contributed by atoms with Gasteiger partial charge in [0.25, 0.3) is 0 Å². The van der Waals surface area contributed by atoms with Crippen molar-refractivity contribution in [2.24, 2.45) is 0 Å². The Hall–Kier alpha value is -1.40. The van der Waals surface area contributed by atoms with E-state index < -0.39 is 18.9 Å². The van der Waals surface area contributed by atoms with Crippen LogP contribution in [0.2, 0.25) is 0 Å². The Morgan fingerprint density at radius 3 is 2.60 bits per heavy atom. The summed E-state index contributed by atoms with van der Waals surface area (Å²) in [5.41, 5.74) is 0.145. The standard InChI is InChI=1S/C9H8BFO4/c11-8-5-6(10-14-3-4-15-10)1-2-7(8)9(12)13/h1-2,5H,3-4H2,(H,12,13). The van der Waals surface area contributed by atoms with E-state index in [0.29, 0.717) is 18.7 Å². The van der Waals surface area contributed by atoms with E-state index in [1.165, 1.54) is 12.1 Å². The van der Waals surface area contributed by atoms with E-state index in [4.69, 9.17) is 14.4 Å². The summed E-state index contributed by atoms with van der Waals surface area (Å²) in [4.78, 5) is 10.6. The molecule has 6 heteroatoms. The third-order valence-corrected chi connectivity index (χ3v) is 2.12. The van der Waals surface area contributed by atoms with Gasteiger partial charge < -0.3 is 14.4 Å². The summed E-state index contributed by atoms with van der Waals surface area (Å²) in [6.45, 7) is 0.930. The number of halogens is 1. The molecule has 0 aromatic heterocycles. The molecular weight excluding hydrogens is 202 g/mol. The second-order valence-electron chi connectivity index (χ2n) is 3.12. The van der Waals surface area contributed by atoms with Crippen LogP contribution in [0.25, 0.3) is 0 Å². The highest BCUT2D eigenvalue weighted by Gasteiger charge is 2.27. The molecule has 1 fully saturated rings. The first-order chi connectivity index (χ1) is 7.18. The Morgan fingerprint density at radius 2 is 2.07 bits per heavy atom. The van der Waals surface area contributed by atoms with E-state index >= 15 is 0 Å². The van der Waals surface area contributed by atoms with Gasteiger partial charge >= 0.3 is 13.1 Å². The van der Waals surface area contributed by atoms with E-state index in [1.807, 2.05) is 0 Å². The summed E-state index contributed by atoms with van der Waals surface area (Å²) in [6, 6.07) is 3.82. The molecule has 4 nitrogen and oxygen atoms in total. The van der Waals surface area contributed by atoms with Crippen molar-refractivity contribution in [1.82, 2.24) is 0 Å². The van der Waals surface area contributed by atoms with Crippen molar-refractivity contribution in [1.29, 1.82) is 0 Å². The summed E-state index contributed by atoms with van der Waals surface area (Å²) in [5.74, 6) is -2.06. The van der Waals surface area contributed by atoms with Crippen molar-refractivity contribution in [3.05, 3.63) is 29.6 Å². The summed E-state index contributed by atoms with van der Waals surface area (Å²) >= 11 is 0. The molecule has 1 aromatic carbocycles. The molecule has 78 valence electrons. The van der Waals surface area contributed by atoms with E-state index in [0.717, 1.165) is 6.07 Å². The molecule has 0 spiro atoms. The van der Waals surface area contributed by atoms with Crippen LogP contribution in [0.1, 0.15) is 10.4 Å². The van der Waals surface area contributed by atoms with Gasteiger partial charge in [-0.2, -0.15) is 0 Å². The minimum Gasteiger partial charge on any atom is -0.478 e. The van der Waals surface area contributed by atoms with Gasteiger partial charge in [-0.15, -0.1) is 0 Å². The third kappa shape index (κ3) is 2.00. The summed E-state index contributed by atoms with van der Waals surface area (Å²) in [7, 11) is -0.581. The number of rotatable bonds is 2. The van der Waals surface area contributed by atoms with Gasteiger partial charge in [0.1, 0.15) is 5.82 Å². The molecule has 1 heterocycles. The first kappa shape index (κ1) is 10.1. The fourth-order valence-corrected chi connectivity index (χ4v) is 1.40. The maximum atomic E-state index is 13.3.